The SMILES string of the molecule is O=C(NCc1ccccc1)C1CCCN(Cc2cccc3ccccc23)C1. The molecule has 1 aliphatic heterocycles. The van der Waals surface area contributed by atoms with Gasteiger partial charge in [0.15, 0.2) is 0 Å². The third kappa shape index (κ3) is 4.37. The van der Waals surface area contributed by atoms with Crippen molar-refractivity contribution >= 4 is 16.7 Å². The van der Waals surface area contributed by atoms with Crippen molar-refractivity contribution in [1.29, 1.82) is 0 Å². The van der Waals surface area contributed by atoms with Gasteiger partial charge >= 0.3 is 0 Å². The van der Waals surface area contributed by atoms with Crippen LogP contribution in [0.25, 0.3) is 10.8 Å². The van der Waals surface area contributed by atoms with Crippen molar-refractivity contribution in [1.82, 2.24) is 10.2 Å². The van der Waals surface area contributed by atoms with Gasteiger partial charge < -0.3 is 5.32 Å². The fourth-order valence-electron chi connectivity index (χ4n) is 4.01. The van der Waals surface area contributed by atoms with Crippen molar-refractivity contribution in [2.24, 2.45) is 5.92 Å². The third-order valence-corrected chi connectivity index (χ3v) is 5.46. The summed E-state index contributed by atoms with van der Waals surface area (Å²) >= 11 is 0. The summed E-state index contributed by atoms with van der Waals surface area (Å²) in [7, 11) is 0. The van der Waals surface area contributed by atoms with Crippen molar-refractivity contribution < 1.29 is 4.79 Å². The molecule has 1 unspecified atom stereocenters. The van der Waals surface area contributed by atoms with Crippen LogP contribution in [0.15, 0.2) is 72.8 Å². The maximum atomic E-state index is 12.6. The number of carbonyl (C=O) groups is 1. The number of nitrogens with one attached hydrogen (secondary N) is 1. The zero-order valence-electron chi connectivity index (χ0n) is 15.6. The lowest BCUT2D eigenvalue weighted by Crippen LogP contribution is -2.42. The Bertz CT molecular complexity index is 901. The fraction of sp³-hybridized carbons (Fsp3) is 0.292. The average Bonchev–Trinajstić information content (AvgIpc) is 2.73. The zero-order chi connectivity index (χ0) is 18.5. The summed E-state index contributed by atoms with van der Waals surface area (Å²) in [5.41, 5.74) is 2.49. The highest BCUT2D eigenvalue weighted by atomic mass is 16.1. The highest BCUT2D eigenvalue weighted by Crippen LogP contribution is 2.23. The van der Waals surface area contributed by atoms with Gasteiger partial charge in [-0.3, -0.25) is 9.69 Å². The third-order valence-electron chi connectivity index (χ3n) is 5.46. The zero-order valence-corrected chi connectivity index (χ0v) is 15.6. The van der Waals surface area contributed by atoms with Gasteiger partial charge in [-0.1, -0.05) is 72.8 Å². The first-order valence-electron chi connectivity index (χ1n) is 9.80. The van der Waals surface area contributed by atoms with Gasteiger partial charge in [-0.25, -0.2) is 0 Å². The van der Waals surface area contributed by atoms with Crippen LogP contribution in [0.3, 0.4) is 0 Å². The molecule has 27 heavy (non-hydrogen) atoms. The van der Waals surface area contributed by atoms with E-state index in [1.165, 1.54) is 16.3 Å². The Labute approximate surface area is 161 Å². The second-order valence-corrected chi connectivity index (χ2v) is 7.42. The van der Waals surface area contributed by atoms with Crippen LogP contribution in [-0.2, 0) is 17.9 Å². The number of hydrogen-bond acceptors (Lipinski definition) is 2. The van der Waals surface area contributed by atoms with Crippen LogP contribution < -0.4 is 5.32 Å². The van der Waals surface area contributed by atoms with Crippen molar-refractivity contribution in [3.05, 3.63) is 83.9 Å². The predicted molar refractivity (Wildman–Crippen MR) is 110 cm³/mol. The Morgan fingerprint density at radius 2 is 1.74 bits per heavy atom. The summed E-state index contributed by atoms with van der Waals surface area (Å²) < 4.78 is 0. The number of rotatable bonds is 5. The number of carbonyl (C=O) groups excluding carboxylic acids is 1. The molecule has 1 saturated heterocycles. The maximum absolute atomic E-state index is 12.6. The van der Waals surface area contributed by atoms with E-state index < -0.39 is 0 Å². The first-order valence-corrected chi connectivity index (χ1v) is 9.80. The topological polar surface area (TPSA) is 32.3 Å². The largest absolute Gasteiger partial charge is 0.352 e. The molecule has 0 aromatic heterocycles. The maximum Gasteiger partial charge on any atom is 0.224 e. The van der Waals surface area contributed by atoms with Crippen LogP contribution in [0.2, 0.25) is 0 Å². The molecule has 3 nitrogen and oxygen atoms in total. The Kier molecular flexibility index (Phi) is 5.50. The Hall–Kier alpha value is -2.65. The van der Waals surface area contributed by atoms with Crippen LogP contribution in [0.5, 0.6) is 0 Å². The molecule has 0 bridgehead atoms. The lowest BCUT2D eigenvalue weighted by atomic mass is 9.96. The molecular weight excluding hydrogens is 332 g/mol. The second-order valence-electron chi connectivity index (χ2n) is 7.42. The highest BCUT2D eigenvalue weighted by molar-refractivity contribution is 5.85. The number of hydrogen-bond donors (Lipinski definition) is 1. The van der Waals surface area contributed by atoms with Crippen molar-refractivity contribution in [2.75, 3.05) is 13.1 Å². The molecular formula is C24H26N2O. The summed E-state index contributed by atoms with van der Waals surface area (Å²) in [5.74, 6) is 0.263. The quantitative estimate of drug-likeness (QED) is 0.735. The summed E-state index contributed by atoms with van der Waals surface area (Å²) in [6.07, 6.45) is 2.06. The molecule has 1 heterocycles. The smallest absolute Gasteiger partial charge is 0.224 e. The van der Waals surface area contributed by atoms with Crippen molar-refractivity contribution in [2.45, 2.75) is 25.9 Å². The number of benzene rings is 3. The lowest BCUT2D eigenvalue weighted by Gasteiger charge is -2.32. The van der Waals surface area contributed by atoms with E-state index >= 15 is 0 Å². The van der Waals surface area contributed by atoms with E-state index in [-0.39, 0.29) is 11.8 Å². The van der Waals surface area contributed by atoms with Gasteiger partial charge in [-0.05, 0) is 41.3 Å². The molecule has 1 atom stereocenters. The van der Waals surface area contributed by atoms with Gasteiger partial charge in [0.2, 0.25) is 5.91 Å². The molecule has 1 fully saturated rings. The monoisotopic (exact) mass is 358 g/mol. The summed E-state index contributed by atoms with van der Waals surface area (Å²) in [6, 6.07) is 25.2. The van der Waals surface area contributed by atoms with Gasteiger partial charge in [-0.15, -0.1) is 0 Å². The van der Waals surface area contributed by atoms with Gasteiger partial charge in [0.05, 0.1) is 5.92 Å². The van der Waals surface area contributed by atoms with Crippen molar-refractivity contribution in [3.63, 3.8) is 0 Å². The molecule has 0 saturated carbocycles. The van der Waals surface area contributed by atoms with E-state index in [9.17, 15) is 4.79 Å². The Morgan fingerprint density at radius 3 is 2.63 bits per heavy atom. The first kappa shape index (κ1) is 17.7. The molecule has 3 aromatic carbocycles. The van der Waals surface area contributed by atoms with E-state index in [1.54, 1.807) is 0 Å². The minimum atomic E-state index is 0.0810. The number of nitrogens with zero attached hydrogens (tertiary/aromatic N) is 1. The molecule has 1 N–H and O–H groups in total. The lowest BCUT2D eigenvalue weighted by molar-refractivity contribution is -0.126. The van der Waals surface area contributed by atoms with Crippen LogP contribution in [0.1, 0.15) is 24.0 Å². The molecule has 3 heteroatoms. The van der Waals surface area contributed by atoms with E-state index in [2.05, 4.69) is 52.7 Å². The Morgan fingerprint density at radius 1 is 0.963 bits per heavy atom. The van der Waals surface area contributed by atoms with Gasteiger partial charge in [0, 0.05) is 19.6 Å². The van der Waals surface area contributed by atoms with Crippen LogP contribution in [0, 0.1) is 5.92 Å². The normalized spacial score (nSPS) is 17.7. The van der Waals surface area contributed by atoms with Gasteiger partial charge in [0.25, 0.3) is 0 Å². The minimum Gasteiger partial charge on any atom is -0.352 e. The minimum absolute atomic E-state index is 0.0810. The number of fused-ring (bicyclic) bond motifs is 1. The molecule has 1 aliphatic rings. The first-order chi connectivity index (χ1) is 13.3. The second kappa shape index (κ2) is 8.36. The molecule has 138 valence electrons. The predicted octanol–water partition coefficient (Wildman–Crippen LogP) is 4.37. The highest BCUT2D eigenvalue weighted by Gasteiger charge is 2.25. The molecule has 1 amide bonds. The molecule has 4 rings (SSSR count). The van der Waals surface area contributed by atoms with E-state index in [0.29, 0.717) is 6.54 Å². The van der Waals surface area contributed by atoms with E-state index in [1.807, 2.05) is 30.3 Å². The van der Waals surface area contributed by atoms with E-state index in [4.69, 9.17) is 0 Å². The van der Waals surface area contributed by atoms with E-state index in [0.717, 1.165) is 38.0 Å². The molecule has 3 aromatic rings. The van der Waals surface area contributed by atoms with Gasteiger partial charge in [-0.2, -0.15) is 0 Å². The molecule has 0 aliphatic carbocycles. The van der Waals surface area contributed by atoms with Crippen LogP contribution in [-0.4, -0.2) is 23.9 Å². The summed E-state index contributed by atoms with van der Waals surface area (Å²) in [6.45, 7) is 3.42. The number of piperidine rings is 1. The van der Waals surface area contributed by atoms with Gasteiger partial charge in [0.1, 0.15) is 0 Å². The van der Waals surface area contributed by atoms with Crippen LogP contribution in [0.4, 0.5) is 0 Å². The molecule has 0 spiro atoms. The van der Waals surface area contributed by atoms with Crippen molar-refractivity contribution in [3.8, 4) is 0 Å². The number of likely N-dealkylation sites (tertiary alicyclic amines) is 1. The molecule has 0 radical (unpaired) electrons. The summed E-state index contributed by atoms with van der Waals surface area (Å²) in [4.78, 5) is 15.1. The average molecular weight is 358 g/mol. The summed E-state index contributed by atoms with van der Waals surface area (Å²) in [5, 5.41) is 5.71. The van der Waals surface area contributed by atoms with Crippen LogP contribution >= 0.6 is 0 Å². The fourth-order valence-corrected chi connectivity index (χ4v) is 4.01. The standard InChI is InChI=1S/C24H26N2O/c27-24(25-16-19-8-2-1-3-9-19)22-13-7-15-26(18-22)17-21-12-6-11-20-10-4-5-14-23(20)21/h1-6,8-12,14,22H,7,13,15-18H2,(H,25,27). The Balaban J connectivity index is 1.38. The number of amides is 1.